The summed E-state index contributed by atoms with van der Waals surface area (Å²) < 4.78 is 0. The number of carbonyl (C=O) groups is 1. The van der Waals surface area contributed by atoms with Gasteiger partial charge in [0.25, 0.3) is 0 Å². The predicted octanol–water partition coefficient (Wildman–Crippen LogP) is 4.12. The predicted molar refractivity (Wildman–Crippen MR) is 102 cm³/mol. The number of pyridine rings is 1. The van der Waals surface area contributed by atoms with Gasteiger partial charge in [-0.3, -0.25) is 14.7 Å². The Bertz CT molecular complexity index is 905. The summed E-state index contributed by atoms with van der Waals surface area (Å²) in [6.07, 6.45) is 5.28. The first-order chi connectivity index (χ1) is 12.7. The van der Waals surface area contributed by atoms with Crippen molar-refractivity contribution in [2.75, 3.05) is 13.1 Å². The van der Waals surface area contributed by atoms with Crippen LogP contribution in [-0.2, 0) is 4.79 Å². The summed E-state index contributed by atoms with van der Waals surface area (Å²) >= 11 is 0. The Morgan fingerprint density at radius 3 is 2.65 bits per heavy atom. The standard InChI is InChI=1S/C22H22N2O2/c25-22(26)18-7-4-14-24(15-18)21(17-10-12-23-13-11-17)20-9-3-6-16-5-1-2-8-19(16)20/h1-3,5-6,8-13,18,21H,4,7,14-15H2,(H,25,26). The van der Waals surface area contributed by atoms with Gasteiger partial charge >= 0.3 is 5.97 Å². The maximum absolute atomic E-state index is 11.6. The van der Waals surface area contributed by atoms with Crippen LogP contribution in [0.25, 0.3) is 10.8 Å². The minimum absolute atomic E-state index is 0.0336. The Kier molecular flexibility index (Phi) is 4.67. The van der Waals surface area contributed by atoms with Crippen LogP contribution in [0, 0.1) is 5.92 Å². The number of nitrogens with zero attached hydrogens (tertiary/aromatic N) is 2. The number of hydrogen-bond donors (Lipinski definition) is 1. The van der Waals surface area contributed by atoms with Crippen molar-refractivity contribution < 1.29 is 9.90 Å². The fraction of sp³-hybridized carbons (Fsp3) is 0.273. The van der Waals surface area contributed by atoms with Crippen molar-refractivity contribution in [3.8, 4) is 0 Å². The first-order valence-corrected chi connectivity index (χ1v) is 9.08. The Balaban J connectivity index is 1.82. The third-order valence-corrected chi connectivity index (χ3v) is 5.31. The van der Waals surface area contributed by atoms with Crippen molar-refractivity contribution in [1.82, 2.24) is 9.88 Å². The lowest BCUT2D eigenvalue weighted by Gasteiger charge is -2.38. The molecule has 26 heavy (non-hydrogen) atoms. The summed E-state index contributed by atoms with van der Waals surface area (Å²) in [5, 5.41) is 11.9. The lowest BCUT2D eigenvalue weighted by Crippen LogP contribution is -2.41. The van der Waals surface area contributed by atoms with Crippen LogP contribution in [-0.4, -0.2) is 34.0 Å². The van der Waals surface area contributed by atoms with Gasteiger partial charge in [-0.05, 0) is 53.4 Å². The summed E-state index contributed by atoms with van der Waals surface area (Å²) in [5.74, 6) is -0.996. The minimum Gasteiger partial charge on any atom is -0.481 e. The van der Waals surface area contributed by atoms with Gasteiger partial charge in [0.1, 0.15) is 0 Å². The number of piperidine rings is 1. The van der Waals surface area contributed by atoms with E-state index in [1.54, 1.807) is 0 Å². The fourth-order valence-corrected chi connectivity index (χ4v) is 4.06. The molecular weight excluding hydrogens is 324 g/mol. The van der Waals surface area contributed by atoms with Gasteiger partial charge in [0.2, 0.25) is 0 Å². The molecule has 0 saturated carbocycles. The first-order valence-electron chi connectivity index (χ1n) is 9.08. The molecule has 0 amide bonds. The molecule has 2 unspecified atom stereocenters. The molecule has 0 bridgehead atoms. The van der Waals surface area contributed by atoms with E-state index in [4.69, 9.17) is 0 Å². The Labute approximate surface area is 153 Å². The third kappa shape index (κ3) is 3.20. The van der Waals surface area contributed by atoms with Gasteiger partial charge in [0, 0.05) is 18.9 Å². The van der Waals surface area contributed by atoms with Gasteiger partial charge in [-0.25, -0.2) is 0 Å². The Hall–Kier alpha value is -2.72. The molecule has 0 radical (unpaired) electrons. The van der Waals surface area contributed by atoms with Gasteiger partial charge in [-0.15, -0.1) is 0 Å². The van der Waals surface area contributed by atoms with E-state index in [1.165, 1.54) is 16.3 Å². The van der Waals surface area contributed by atoms with Crippen molar-refractivity contribution in [2.45, 2.75) is 18.9 Å². The molecule has 2 atom stereocenters. The topological polar surface area (TPSA) is 53.4 Å². The lowest BCUT2D eigenvalue weighted by atomic mass is 9.89. The Morgan fingerprint density at radius 1 is 1.08 bits per heavy atom. The largest absolute Gasteiger partial charge is 0.481 e. The van der Waals surface area contributed by atoms with Crippen molar-refractivity contribution in [3.63, 3.8) is 0 Å². The number of aliphatic carboxylic acids is 1. The quantitative estimate of drug-likeness (QED) is 0.772. The maximum atomic E-state index is 11.6. The molecule has 1 aliphatic heterocycles. The van der Waals surface area contributed by atoms with Gasteiger partial charge < -0.3 is 5.11 Å². The number of carboxylic acid groups (broad SMARTS) is 1. The molecule has 132 valence electrons. The summed E-state index contributed by atoms with van der Waals surface area (Å²) in [7, 11) is 0. The fourth-order valence-electron chi connectivity index (χ4n) is 4.06. The number of rotatable bonds is 4. The second-order valence-electron chi connectivity index (χ2n) is 6.92. The molecule has 1 N–H and O–H groups in total. The average Bonchev–Trinajstić information content (AvgIpc) is 2.69. The zero-order valence-corrected chi connectivity index (χ0v) is 14.6. The second-order valence-corrected chi connectivity index (χ2v) is 6.92. The van der Waals surface area contributed by atoms with E-state index in [1.807, 2.05) is 24.5 Å². The molecule has 2 aromatic carbocycles. The zero-order chi connectivity index (χ0) is 17.9. The first kappa shape index (κ1) is 16.7. The summed E-state index contributed by atoms with van der Waals surface area (Å²) in [6.45, 7) is 1.48. The molecule has 2 heterocycles. The summed E-state index contributed by atoms with van der Waals surface area (Å²) in [5.41, 5.74) is 2.38. The van der Waals surface area contributed by atoms with E-state index in [0.29, 0.717) is 6.54 Å². The Morgan fingerprint density at radius 2 is 1.85 bits per heavy atom. The molecule has 0 aliphatic carbocycles. The summed E-state index contributed by atoms with van der Waals surface area (Å²) in [4.78, 5) is 18.0. The van der Waals surface area contributed by atoms with Gasteiger partial charge in [-0.2, -0.15) is 0 Å². The van der Waals surface area contributed by atoms with E-state index in [9.17, 15) is 9.90 Å². The van der Waals surface area contributed by atoms with Crippen LogP contribution in [0.3, 0.4) is 0 Å². The highest BCUT2D eigenvalue weighted by atomic mass is 16.4. The molecule has 4 nitrogen and oxygen atoms in total. The molecule has 1 aliphatic rings. The van der Waals surface area contributed by atoms with Crippen LogP contribution in [0.2, 0.25) is 0 Å². The smallest absolute Gasteiger partial charge is 0.307 e. The maximum Gasteiger partial charge on any atom is 0.307 e. The second kappa shape index (κ2) is 7.26. The summed E-state index contributed by atoms with van der Waals surface area (Å²) in [6, 6.07) is 18.9. The number of fused-ring (bicyclic) bond motifs is 1. The molecular formula is C22H22N2O2. The van der Waals surface area contributed by atoms with E-state index in [2.05, 4.69) is 52.3 Å². The molecule has 1 aromatic heterocycles. The van der Waals surface area contributed by atoms with E-state index >= 15 is 0 Å². The molecule has 4 rings (SSSR count). The van der Waals surface area contributed by atoms with Gasteiger partial charge in [-0.1, -0.05) is 42.5 Å². The molecule has 1 saturated heterocycles. The SMILES string of the molecule is O=C(O)C1CCCN(C(c2ccncc2)c2cccc3ccccc23)C1. The number of aromatic nitrogens is 1. The van der Waals surface area contributed by atoms with Crippen LogP contribution in [0.4, 0.5) is 0 Å². The molecule has 3 aromatic rings. The number of likely N-dealkylation sites (tertiary alicyclic amines) is 1. The monoisotopic (exact) mass is 346 g/mol. The molecule has 0 spiro atoms. The van der Waals surface area contributed by atoms with Crippen LogP contribution in [0.15, 0.2) is 67.0 Å². The zero-order valence-electron chi connectivity index (χ0n) is 14.6. The highest BCUT2D eigenvalue weighted by Gasteiger charge is 2.31. The highest BCUT2D eigenvalue weighted by Crippen LogP contribution is 2.36. The van der Waals surface area contributed by atoms with Gasteiger partial charge in [0.05, 0.1) is 12.0 Å². The van der Waals surface area contributed by atoms with E-state index in [-0.39, 0.29) is 12.0 Å². The van der Waals surface area contributed by atoms with Crippen molar-refractivity contribution in [3.05, 3.63) is 78.1 Å². The van der Waals surface area contributed by atoms with Crippen LogP contribution >= 0.6 is 0 Å². The molecule has 1 fully saturated rings. The number of benzene rings is 2. The van der Waals surface area contributed by atoms with Crippen LogP contribution in [0.1, 0.15) is 30.0 Å². The number of hydrogen-bond acceptors (Lipinski definition) is 3. The average molecular weight is 346 g/mol. The lowest BCUT2D eigenvalue weighted by molar-refractivity contribution is -0.143. The van der Waals surface area contributed by atoms with E-state index < -0.39 is 5.97 Å². The normalized spacial score (nSPS) is 19.3. The minimum atomic E-state index is -0.693. The van der Waals surface area contributed by atoms with Crippen LogP contribution < -0.4 is 0 Å². The highest BCUT2D eigenvalue weighted by molar-refractivity contribution is 5.86. The number of carboxylic acids is 1. The van der Waals surface area contributed by atoms with Crippen molar-refractivity contribution in [1.29, 1.82) is 0 Å². The molecule has 4 heteroatoms. The van der Waals surface area contributed by atoms with Gasteiger partial charge in [0.15, 0.2) is 0 Å². The van der Waals surface area contributed by atoms with Crippen molar-refractivity contribution in [2.24, 2.45) is 5.92 Å². The van der Waals surface area contributed by atoms with E-state index in [0.717, 1.165) is 24.9 Å². The van der Waals surface area contributed by atoms with Crippen molar-refractivity contribution >= 4 is 16.7 Å². The van der Waals surface area contributed by atoms with Crippen LogP contribution in [0.5, 0.6) is 0 Å². The third-order valence-electron chi connectivity index (χ3n) is 5.31.